The van der Waals surface area contributed by atoms with Crippen LogP contribution in [0.25, 0.3) is 21.3 Å². The summed E-state index contributed by atoms with van der Waals surface area (Å²) >= 11 is 1.52. The standard InChI is InChI=1S/C22H16N4O2S/c1-14(21(27)24-16-7-4-6-15(12-16)13-23)26-22(28)18-9-3-2-8-17(18)20(25-26)19-10-5-11-29-19/h2-12,14H,1H3,(H,24,27)/t14-/m1/s1. The van der Waals surface area contributed by atoms with Crippen LogP contribution >= 0.6 is 11.3 Å². The normalized spacial score (nSPS) is 11.7. The lowest BCUT2D eigenvalue weighted by Gasteiger charge is -2.16. The Morgan fingerprint density at radius 3 is 2.66 bits per heavy atom. The van der Waals surface area contributed by atoms with Crippen molar-refractivity contribution in [3.63, 3.8) is 0 Å². The summed E-state index contributed by atoms with van der Waals surface area (Å²) in [4.78, 5) is 26.8. The van der Waals surface area contributed by atoms with Gasteiger partial charge in [0.2, 0.25) is 5.91 Å². The molecule has 0 unspecified atom stereocenters. The second-order valence-electron chi connectivity index (χ2n) is 6.48. The number of nitriles is 1. The lowest BCUT2D eigenvalue weighted by Crippen LogP contribution is -2.33. The van der Waals surface area contributed by atoms with Crippen molar-refractivity contribution in [3.05, 3.63) is 82.0 Å². The highest BCUT2D eigenvalue weighted by atomic mass is 32.1. The van der Waals surface area contributed by atoms with Gasteiger partial charge in [-0.15, -0.1) is 11.3 Å². The average Bonchev–Trinajstić information content (AvgIpc) is 3.28. The van der Waals surface area contributed by atoms with Crippen molar-refractivity contribution in [2.24, 2.45) is 0 Å². The Bertz CT molecular complexity index is 1300. The fourth-order valence-corrected chi connectivity index (χ4v) is 3.81. The van der Waals surface area contributed by atoms with Gasteiger partial charge >= 0.3 is 0 Å². The first kappa shape index (κ1) is 18.6. The van der Waals surface area contributed by atoms with Gasteiger partial charge in [-0.3, -0.25) is 9.59 Å². The lowest BCUT2D eigenvalue weighted by atomic mass is 10.1. The predicted octanol–water partition coefficient (Wildman–Crippen LogP) is 4.20. The number of hydrogen-bond donors (Lipinski definition) is 1. The Balaban J connectivity index is 1.77. The minimum Gasteiger partial charge on any atom is -0.324 e. The van der Waals surface area contributed by atoms with E-state index in [1.54, 1.807) is 43.3 Å². The molecule has 2 aromatic heterocycles. The van der Waals surface area contributed by atoms with E-state index in [2.05, 4.69) is 10.4 Å². The van der Waals surface area contributed by atoms with Gasteiger partial charge in [-0.25, -0.2) is 4.68 Å². The molecule has 0 spiro atoms. The number of carbonyl (C=O) groups excluding carboxylic acids is 1. The first-order chi connectivity index (χ1) is 14.1. The summed E-state index contributed by atoms with van der Waals surface area (Å²) in [7, 11) is 0. The topological polar surface area (TPSA) is 87.8 Å². The van der Waals surface area contributed by atoms with Crippen LogP contribution in [0.2, 0.25) is 0 Å². The van der Waals surface area contributed by atoms with E-state index in [0.29, 0.717) is 22.3 Å². The maximum atomic E-state index is 13.0. The fraction of sp³-hybridized carbons (Fsp3) is 0.0909. The summed E-state index contributed by atoms with van der Waals surface area (Å²) < 4.78 is 1.22. The number of carbonyl (C=O) groups is 1. The maximum Gasteiger partial charge on any atom is 0.275 e. The Hall–Kier alpha value is -3.76. The van der Waals surface area contributed by atoms with E-state index in [-0.39, 0.29) is 11.5 Å². The molecule has 142 valence electrons. The van der Waals surface area contributed by atoms with Crippen molar-refractivity contribution in [1.82, 2.24) is 9.78 Å². The third kappa shape index (κ3) is 3.53. The summed E-state index contributed by atoms with van der Waals surface area (Å²) in [6.45, 7) is 1.63. The molecule has 7 heteroatoms. The number of fused-ring (bicyclic) bond motifs is 1. The van der Waals surface area contributed by atoms with E-state index >= 15 is 0 Å². The van der Waals surface area contributed by atoms with Crippen LogP contribution in [0.1, 0.15) is 18.5 Å². The van der Waals surface area contributed by atoms with Gasteiger partial charge in [-0.05, 0) is 42.6 Å². The third-order valence-corrected chi connectivity index (χ3v) is 5.47. The SMILES string of the molecule is C[C@H](C(=O)Nc1cccc(C#N)c1)n1nc(-c2cccs2)c2ccccc2c1=O. The number of aromatic nitrogens is 2. The van der Waals surface area contributed by atoms with E-state index < -0.39 is 6.04 Å². The molecule has 1 atom stereocenters. The van der Waals surface area contributed by atoms with Gasteiger partial charge in [-0.2, -0.15) is 10.4 Å². The molecule has 0 saturated heterocycles. The van der Waals surface area contributed by atoms with Crippen molar-refractivity contribution in [2.75, 3.05) is 5.32 Å². The van der Waals surface area contributed by atoms with Crippen LogP contribution in [0.15, 0.2) is 70.8 Å². The Kier molecular flexibility index (Phi) is 4.94. The van der Waals surface area contributed by atoms with Gasteiger partial charge in [0.05, 0.1) is 21.9 Å². The zero-order valence-electron chi connectivity index (χ0n) is 15.5. The molecule has 1 amide bonds. The highest BCUT2D eigenvalue weighted by molar-refractivity contribution is 7.13. The molecule has 0 saturated carbocycles. The Labute approximate surface area is 170 Å². The van der Waals surface area contributed by atoms with E-state index in [9.17, 15) is 9.59 Å². The molecule has 1 N–H and O–H groups in total. The summed E-state index contributed by atoms with van der Waals surface area (Å²) in [5.74, 6) is -0.387. The van der Waals surface area contributed by atoms with Crippen molar-refractivity contribution in [1.29, 1.82) is 5.26 Å². The maximum absolute atomic E-state index is 13.0. The molecule has 4 aromatic rings. The van der Waals surface area contributed by atoms with Crippen LogP contribution in [0.4, 0.5) is 5.69 Å². The largest absolute Gasteiger partial charge is 0.324 e. The molecule has 6 nitrogen and oxygen atoms in total. The number of anilines is 1. The second kappa shape index (κ2) is 7.70. The van der Waals surface area contributed by atoms with Gasteiger partial charge in [0.15, 0.2) is 0 Å². The number of hydrogen-bond acceptors (Lipinski definition) is 5. The number of amides is 1. The molecule has 0 fully saturated rings. The van der Waals surface area contributed by atoms with Crippen molar-refractivity contribution < 1.29 is 4.79 Å². The Morgan fingerprint density at radius 2 is 1.93 bits per heavy atom. The highest BCUT2D eigenvalue weighted by Gasteiger charge is 2.21. The summed E-state index contributed by atoms with van der Waals surface area (Å²) in [5, 5.41) is 19.5. The van der Waals surface area contributed by atoms with E-state index in [1.165, 1.54) is 16.0 Å². The quantitative estimate of drug-likeness (QED) is 0.556. The molecule has 0 radical (unpaired) electrons. The number of thiophene rings is 1. The van der Waals surface area contributed by atoms with Gasteiger partial charge in [0, 0.05) is 11.1 Å². The summed E-state index contributed by atoms with van der Waals surface area (Å²) in [5.41, 5.74) is 1.28. The molecule has 4 rings (SSSR count). The minimum atomic E-state index is -0.837. The first-order valence-corrected chi connectivity index (χ1v) is 9.83. The molecule has 0 bridgehead atoms. The van der Waals surface area contributed by atoms with Crippen molar-refractivity contribution in [2.45, 2.75) is 13.0 Å². The van der Waals surface area contributed by atoms with Crippen LogP contribution < -0.4 is 10.9 Å². The summed E-state index contributed by atoms with van der Waals surface area (Å²) in [6.07, 6.45) is 0. The molecule has 0 aliphatic heterocycles. The molecule has 0 aliphatic carbocycles. The van der Waals surface area contributed by atoms with E-state index in [1.807, 2.05) is 35.7 Å². The smallest absolute Gasteiger partial charge is 0.275 e. The van der Waals surface area contributed by atoms with Crippen LogP contribution in [0, 0.1) is 11.3 Å². The van der Waals surface area contributed by atoms with Crippen LogP contribution in [0.5, 0.6) is 0 Å². The van der Waals surface area contributed by atoms with E-state index in [4.69, 9.17) is 5.26 Å². The molecule has 0 aliphatic rings. The molecule has 29 heavy (non-hydrogen) atoms. The lowest BCUT2D eigenvalue weighted by molar-refractivity contribution is -0.119. The van der Waals surface area contributed by atoms with Crippen LogP contribution in [0.3, 0.4) is 0 Å². The first-order valence-electron chi connectivity index (χ1n) is 8.95. The molecule has 2 aromatic carbocycles. The zero-order valence-corrected chi connectivity index (χ0v) is 16.3. The highest BCUT2D eigenvalue weighted by Crippen LogP contribution is 2.28. The number of benzene rings is 2. The Morgan fingerprint density at radius 1 is 1.14 bits per heavy atom. The van der Waals surface area contributed by atoms with E-state index in [0.717, 1.165) is 10.3 Å². The molecular weight excluding hydrogens is 384 g/mol. The average molecular weight is 400 g/mol. The zero-order chi connectivity index (χ0) is 20.4. The number of rotatable bonds is 4. The van der Waals surface area contributed by atoms with Gasteiger partial charge in [0.25, 0.3) is 5.56 Å². The monoisotopic (exact) mass is 400 g/mol. The van der Waals surface area contributed by atoms with Gasteiger partial charge in [0.1, 0.15) is 11.7 Å². The van der Waals surface area contributed by atoms with Crippen molar-refractivity contribution in [3.8, 4) is 16.6 Å². The van der Waals surface area contributed by atoms with Crippen LogP contribution in [-0.4, -0.2) is 15.7 Å². The van der Waals surface area contributed by atoms with Gasteiger partial charge < -0.3 is 5.32 Å². The molecular formula is C22H16N4O2S. The number of nitrogens with zero attached hydrogens (tertiary/aromatic N) is 3. The third-order valence-electron chi connectivity index (χ3n) is 4.59. The van der Waals surface area contributed by atoms with Crippen LogP contribution in [-0.2, 0) is 4.79 Å². The molecule has 2 heterocycles. The fourth-order valence-electron chi connectivity index (χ4n) is 3.09. The second-order valence-corrected chi connectivity index (χ2v) is 7.43. The van der Waals surface area contributed by atoms with Crippen molar-refractivity contribution >= 4 is 33.7 Å². The van der Waals surface area contributed by atoms with Gasteiger partial charge in [-0.1, -0.05) is 30.3 Å². The predicted molar refractivity (Wildman–Crippen MR) is 114 cm³/mol. The number of nitrogens with one attached hydrogen (secondary N) is 1. The summed E-state index contributed by atoms with van der Waals surface area (Å²) in [6, 6.07) is 18.9. The minimum absolute atomic E-state index is 0.325.